The molecule has 25 heavy (non-hydrogen) atoms. The van der Waals surface area contributed by atoms with Gasteiger partial charge in [0, 0.05) is 17.5 Å². The average molecular weight is 433 g/mol. The highest BCUT2D eigenvalue weighted by molar-refractivity contribution is 9.11. The number of carbonyl (C=O) groups excluding carboxylic acids is 1. The zero-order valence-corrected chi connectivity index (χ0v) is 15.5. The van der Waals surface area contributed by atoms with Gasteiger partial charge in [0.25, 0.3) is 0 Å². The minimum Gasteiger partial charge on any atom is -0.333 e. The van der Waals surface area contributed by atoms with Crippen molar-refractivity contribution in [2.75, 3.05) is 0 Å². The van der Waals surface area contributed by atoms with Gasteiger partial charge >= 0.3 is 12.2 Å². The van der Waals surface area contributed by atoms with Crippen LogP contribution in [-0.4, -0.2) is 17.0 Å². The fourth-order valence-electron chi connectivity index (χ4n) is 2.46. The zero-order valence-electron chi connectivity index (χ0n) is 13.1. The van der Waals surface area contributed by atoms with Gasteiger partial charge in [-0.3, -0.25) is 0 Å². The van der Waals surface area contributed by atoms with Crippen molar-refractivity contribution in [2.24, 2.45) is 0 Å². The summed E-state index contributed by atoms with van der Waals surface area (Å²) in [6, 6.07) is 8.82. The summed E-state index contributed by atoms with van der Waals surface area (Å²) >= 11 is 4.93. The van der Waals surface area contributed by atoms with Crippen LogP contribution in [0, 0.1) is 0 Å². The number of benzene rings is 1. The molecule has 0 bridgehead atoms. The molecule has 1 aromatic carbocycles. The van der Waals surface area contributed by atoms with Gasteiger partial charge in [-0.05, 0) is 58.6 Å². The van der Waals surface area contributed by atoms with Crippen LogP contribution in [0.25, 0.3) is 0 Å². The molecule has 1 aromatic heterocycles. The van der Waals surface area contributed by atoms with Crippen molar-refractivity contribution in [2.45, 2.75) is 38.1 Å². The molecule has 0 unspecified atom stereocenters. The molecule has 2 amide bonds. The van der Waals surface area contributed by atoms with Crippen LogP contribution in [0.3, 0.4) is 0 Å². The molecule has 1 saturated carbocycles. The topological polar surface area (TPSA) is 32.3 Å². The van der Waals surface area contributed by atoms with Crippen molar-refractivity contribution in [3.8, 4) is 0 Å². The Kier molecular flexibility index (Phi) is 5.38. The molecule has 0 aliphatic heterocycles. The van der Waals surface area contributed by atoms with E-state index in [-0.39, 0.29) is 12.1 Å². The summed E-state index contributed by atoms with van der Waals surface area (Å²) < 4.78 is 38.9. The Bertz CT molecular complexity index is 741. The predicted molar refractivity (Wildman–Crippen MR) is 94.3 cm³/mol. The Hall–Kier alpha value is -1.54. The van der Waals surface area contributed by atoms with Gasteiger partial charge < -0.3 is 10.2 Å². The van der Waals surface area contributed by atoms with Gasteiger partial charge in [-0.25, -0.2) is 4.79 Å². The fraction of sp³-hybridized carbons (Fsp3) is 0.353. The van der Waals surface area contributed by atoms with Gasteiger partial charge in [0.1, 0.15) is 0 Å². The lowest BCUT2D eigenvalue weighted by Crippen LogP contribution is -2.40. The number of urea groups is 1. The van der Waals surface area contributed by atoms with Crippen LogP contribution in [0.1, 0.15) is 28.8 Å². The highest BCUT2D eigenvalue weighted by Gasteiger charge is 2.33. The number of nitrogens with zero attached hydrogens (tertiary/aromatic N) is 1. The van der Waals surface area contributed by atoms with E-state index in [0.29, 0.717) is 18.7 Å². The molecule has 0 atom stereocenters. The molecule has 1 aliphatic rings. The first-order valence-corrected chi connectivity index (χ1v) is 9.39. The lowest BCUT2D eigenvalue weighted by Gasteiger charge is -2.23. The van der Waals surface area contributed by atoms with Gasteiger partial charge in [-0.2, -0.15) is 13.2 Å². The quantitative estimate of drug-likeness (QED) is 0.673. The Balaban J connectivity index is 1.62. The summed E-state index contributed by atoms with van der Waals surface area (Å²) in [5, 5.41) is 2.89. The molecule has 0 spiro atoms. The van der Waals surface area contributed by atoms with Gasteiger partial charge in [-0.1, -0.05) is 12.1 Å². The van der Waals surface area contributed by atoms with E-state index in [1.54, 1.807) is 16.2 Å². The van der Waals surface area contributed by atoms with E-state index >= 15 is 0 Å². The molecule has 1 fully saturated rings. The minimum atomic E-state index is -4.35. The number of amides is 2. The highest BCUT2D eigenvalue weighted by Crippen LogP contribution is 2.31. The zero-order chi connectivity index (χ0) is 18.0. The fourth-order valence-corrected chi connectivity index (χ4v) is 3.88. The van der Waals surface area contributed by atoms with Crippen LogP contribution >= 0.6 is 27.3 Å². The highest BCUT2D eigenvalue weighted by atomic mass is 79.9. The molecule has 0 radical (unpaired) electrons. The van der Waals surface area contributed by atoms with Crippen LogP contribution in [0.15, 0.2) is 40.2 Å². The molecule has 1 aliphatic carbocycles. The van der Waals surface area contributed by atoms with Gasteiger partial charge in [0.2, 0.25) is 0 Å². The van der Waals surface area contributed by atoms with Gasteiger partial charge in [-0.15, -0.1) is 11.3 Å². The van der Waals surface area contributed by atoms with E-state index in [0.717, 1.165) is 33.6 Å². The number of hydrogen-bond donors (Lipinski definition) is 1. The summed E-state index contributed by atoms with van der Waals surface area (Å²) in [4.78, 5) is 15.2. The predicted octanol–water partition coefficient (Wildman–Crippen LogP) is 5.40. The van der Waals surface area contributed by atoms with E-state index in [9.17, 15) is 18.0 Å². The molecule has 8 heteroatoms. The first kappa shape index (κ1) is 18.3. The number of hydrogen-bond acceptors (Lipinski definition) is 2. The third-order valence-corrected chi connectivity index (χ3v) is 5.55. The Morgan fingerprint density at radius 3 is 2.40 bits per heavy atom. The Labute approximate surface area is 156 Å². The molecule has 134 valence electrons. The minimum absolute atomic E-state index is 0.164. The maximum Gasteiger partial charge on any atom is 0.416 e. The SMILES string of the molecule is O=C(NCc1ccc(Br)s1)N(Cc1ccc(C(F)(F)F)cc1)C1CC1. The van der Waals surface area contributed by atoms with Crippen molar-refractivity contribution in [1.82, 2.24) is 10.2 Å². The summed E-state index contributed by atoms with van der Waals surface area (Å²) in [7, 11) is 0. The van der Waals surface area contributed by atoms with Crippen molar-refractivity contribution >= 4 is 33.3 Å². The lowest BCUT2D eigenvalue weighted by atomic mass is 10.1. The van der Waals surface area contributed by atoms with Crippen molar-refractivity contribution in [3.05, 3.63) is 56.2 Å². The largest absolute Gasteiger partial charge is 0.416 e. The van der Waals surface area contributed by atoms with Crippen molar-refractivity contribution < 1.29 is 18.0 Å². The number of rotatable bonds is 5. The number of carbonyl (C=O) groups is 1. The van der Waals surface area contributed by atoms with Gasteiger partial charge in [0.05, 0.1) is 15.9 Å². The average Bonchev–Trinajstić information content (AvgIpc) is 3.31. The van der Waals surface area contributed by atoms with Crippen molar-refractivity contribution in [3.63, 3.8) is 0 Å². The molecular weight excluding hydrogens is 417 g/mol. The first-order valence-electron chi connectivity index (χ1n) is 7.78. The molecule has 3 nitrogen and oxygen atoms in total. The molecule has 0 saturated heterocycles. The summed E-state index contributed by atoms with van der Waals surface area (Å²) in [6.07, 6.45) is -2.49. The monoisotopic (exact) mass is 432 g/mol. The van der Waals surface area contributed by atoms with E-state index in [1.807, 2.05) is 12.1 Å². The van der Waals surface area contributed by atoms with Crippen LogP contribution in [-0.2, 0) is 19.3 Å². The summed E-state index contributed by atoms with van der Waals surface area (Å²) in [6.45, 7) is 0.744. The van der Waals surface area contributed by atoms with E-state index in [4.69, 9.17) is 0 Å². The second kappa shape index (κ2) is 7.37. The molecule has 1 N–H and O–H groups in total. The van der Waals surface area contributed by atoms with Crippen LogP contribution in [0.4, 0.5) is 18.0 Å². The lowest BCUT2D eigenvalue weighted by molar-refractivity contribution is -0.137. The Morgan fingerprint density at radius 2 is 1.88 bits per heavy atom. The third-order valence-electron chi connectivity index (χ3n) is 3.93. The van der Waals surface area contributed by atoms with Gasteiger partial charge in [0.15, 0.2) is 0 Å². The van der Waals surface area contributed by atoms with Crippen LogP contribution < -0.4 is 5.32 Å². The Morgan fingerprint density at radius 1 is 1.20 bits per heavy atom. The molecule has 1 heterocycles. The van der Waals surface area contributed by atoms with Crippen LogP contribution in [0.2, 0.25) is 0 Å². The second-order valence-electron chi connectivity index (χ2n) is 5.92. The second-order valence-corrected chi connectivity index (χ2v) is 8.47. The standard InChI is InChI=1S/C17H16BrF3N2OS/c18-15-8-7-14(25-15)9-22-16(24)23(13-5-6-13)10-11-1-3-12(4-2-11)17(19,20)21/h1-4,7-8,13H,5-6,9-10H2,(H,22,24). The number of thiophene rings is 1. The summed E-state index contributed by atoms with van der Waals surface area (Å²) in [5.41, 5.74) is 0.0101. The number of alkyl halides is 3. The van der Waals surface area contributed by atoms with E-state index in [2.05, 4.69) is 21.2 Å². The number of nitrogens with one attached hydrogen (secondary N) is 1. The first-order chi connectivity index (χ1) is 11.8. The molecular formula is C17H16BrF3N2OS. The third kappa shape index (κ3) is 4.98. The molecule has 3 rings (SSSR count). The van der Waals surface area contributed by atoms with E-state index < -0.39 is 11.7 Å². The normalized spacial score (nSPS) is 14.4. The van der Waals surface area contributed by atoms with E-state index in [1.165, 1.54) is 12.1 Å². The maximum absolute atomic E-state index is 12.6. The van der Waals surface area contributed by atoms with Crippen molar-refractivity contribution in [1.29, 1.82) is 0 Å². The van der Waals surface area contributed by atoms with Crippen LogP contribution in [0.5, 0.6) is 0 Å². The summed E-state index contributed by atoms with van der Waals surface area (Å²) in [5.74, 6) is 0. The molecule has 2 aromatic rings. The number of halogens is 4. The maximum atomic E-state index is 12.6. The smallest absolute Gasteiger partial charge is 0.333 e.